The zero-order chi connectivity index (χ0) is 54.0. The molecule has 0 aromatic carbocycles. The summed E-state index contributed by atoms with van der Waals surface area (Å²) in [5.74, 6) is -1.22. The van der Waals surface area contributed by atoms with Gasteiger partial charge in [-0.3, -0.25) is 9.59 Å². The lowest BCUT2D eigenvalue weighted by Crippen LogP contribution is -2.61. The number of carbonyl (C=O) groups is 2. The monoisotopic (exact) mass is 1040 g/mol. The van der Waals surface area contributed by atoms with Crippen molar-refractivity contribution < 1.29 is 49.3 Å². The highest BCUT2D eigenvalue weighted by atomic mass is 16.7. The minimum atomic E-state index is -1.62. The lowest BCUT2D eigenvalue weighted by Gasteiger charge is -2.41. The van der Waals surface area contributed by atoms with E-state index in [1.54, 1.807) is 6.08 Å². The topological polar surface area (TPSA) is 175 Å². The number of rotatable bonds is 51. The molecular formula is C63H113NO10. The van der Waals surface area contributed by atoms with Crippen LogP contribution in [0.5, 0.6) is 0 Å². The number of hydrogen-bond acceptors (Lipinski definition) is 10. The number of amides is 1. The van der Waals surface area contributed by atoms with Crippen molar-refractivity contribution in [2.45, 2.75) is 314 Å². The van der Waals surface area contributed by atoms with Crippen molar-refractivity contribution in [3.8, 4) is 0 Å². The molecule has 11 nitrogen and oxygen atoms in total. The fourth-order valence-corrected chi connectivity index (χ4v) is 9.31. The average Bonchev–Trinajstić information content (AvgIpc) is 3.40. The van der Waals surface area contributed by atoms with E-state index >= 15 is 0 Å². The lowest BCUT2D eigenvalue weighted by atomic mass is 9.99. The minimum absolute atomic E-state index is 0.0965. The molecule has 8 atom stereocenters. The van der Waals surface area contributed by atoms with Crippen LogP contribution in [0.25, 0.3) is 0 Å². The minimum Gasteiger partial charge on any atom is -0.454 e. The molecule has 1 saturated heterocycles. The van der Waals surface area contributed by atoms with E-state index in [-0.39, 0.29) is 19.4 Å². The molecule has 11 heteroatoms. The summed E-state index contributed by atoms with van der Waals surface area (Å²) >= 11 is 0. The van der Waals surface area contributed by atoms with Crippen molar-refractivity contribution in [2.75, 3.05) is 13.2 Å². The summed E-state index contributed by atoms with van der Waals surface area (Å²) in [5, 5.41) is 56.9. The van der Waals surface area contributed by atoms with Crippen LogP contribution in [-0.4, -0.2) is 99.6 Å². The van der Waals surface area contributed by atoms with Crippen LogP contribution in [0.2, 0.25) is 0 Å². The lowest BCUT2D eigenvalue weighted by molar-refractivity contribution is -0.305. The molecule has 6 N–H and O–H groups in total. The number of nitrogens with one attached hydrogen (secondary N) is 1. The molecule has 0 aromatic rings. The van der Waals surface area contributed by atoms with E-state index in [1.165, 1.54) is 128 Å². The number of unbranched alkanes of at least 4 members (excludes halogenated alkanes) is 29. The summed E-state index contributed by atoms with van der Waals surface area (Å²) in [7, 11) is 0. The molecule has 0 aliphatic carbocycles. The van der Waals surface area contributed by atoms with Gasteiger partial charge >= 0.3 is 5.97 Å². The van der Waals surface area contributed by atoms with Gasteiger partial charge in [0, 0.05) is 6.42 Å². The fourth-order valence-electron chi connectivity index (χ4n) is 9.31. The smallest absolute Gasteiger partial charge is 0.306 e. The van der Waals surface area contributed by atoms with E-state index in [1.807, 2.05) is 6.08 Å². The van der Waals surface area contributed by atoms with Gasteiger partial charge in [-0.05, 0) is 83.5 Å². The Morgan fingerprint density at radius 3 is 1.47 bits per heavy atom. The average molecular weight is 1040 g/mol. The van der Waals surface area contributed by atoms with Gasteiger partial charge in [0.15, 0.2) is 12.4 Å². The van der Waals surface area contributed by atoms with Crippen molar-refractivity contribution in [2.24, 2.45) is 0 Å². The summed E-state index contributed by atoms with van der Waals surface area (Å²) in [6, 6.07) is -1.03. The Balaban J connectivity index is 2.71. The van der Waals surface area contributed by atoms with Gasteiger partial charge in [0.1, 0.15) is 24.4 Å². The van der Waals surface area contributed by atoms with E-state index < -0.39 is 67.4 Å². The van der Waals surface area contributed by atoms with Gasteiger partial charge < -0.3 is 45.1 Å². The molecule has 1 aliphatic heterocycles. The molecule has 1 rings (SSSR count). The van der Waals surface area contributed by atoms with Crippen LogP contribution in [0, 0.1) is 0 Å². The van der Waals surface area contributed by atoms with Crippen LogP contribution in [0.3, 0.4) is 0 Å². The molecule has 0 radical (unpaired) electrons. The van der Waals surface area contributed by atoms with Crippen LogP contribution in [0.4, 0.5) is 0 Å². The van der Waals surface area contributed by atoms with E-state index in [0.717, 1.165) is 89.9 Å². The molecular weight excluding hydrogens is 931 g/mol. The highest BCUT2D eigenvalue weighted by molar-refractivity contribution is 5.80. The molecule has 1 aliphatic rings. The molecule has 8 unspecified atom stereocenters. The molecule has 0 bridgehead atoms. The first kappa shape index (κ1) is 69.4. The maximum absolute atomic E-state index is 13.4. The van der Waals surface area contributed by atoms with Crippen molar-refractivity contribution in [3.63, 3.8) is 0 Å². The molecule has 0 aromatic heterocycles. The molecule has 1 fully saturated rings. The van der Waals surface area contributed by atoms with Crippen molar-refractivity contribution >= 4 is 11.9 Å². The Hall–Kier alpha value is -2.64. The second-order valence-electron chi connectivity index (χ2n) is 21.0. The molecule has 0 saturated carbocycles. The molecule has 74 heavy (non-hydrogen) atoms. The SMILES string of the molecule is CC/C=C/C/C=C/C/C=C/CCCCCCC(=O)OC1C(OCC(NC(=O)C(O)CCCCCCCCCC/C=C/CCCCCCCC)C(O)/C=C/CCCCCCCCCCCCC)OC(CO)C(O)C1O. The van der Waals surface area contributed by atoms with E-state index in [9.17, 15) is 35.1 Å². The summed E-state index contributed by atoms with van der Waals surface area (Å²) in [6.45, 7) is 5.66. The van der Waals surface area contributed by atoms with Crippen molar-refractivity contribution in [1.29, 1.82) is 0 Å². The number of esters is 1. The fraction of sp³-hybridized carbons (Fsp3) is 0.810. The Kier molecular flexibility index (Phi) is 47.9. The van der Waals surface area contributed by atoms with Gasteiger partial charge in [-0.1, -0.05) is 236 Å². The molecule has 430 valence electrons. The number of aliphatic hydroxyl groups is 5. The Morgan fingerprint density at radius 2 is 0.973 bits per heavy atom. The summed E-state index contributed by atoms with van der Waals surface area (Å²) in [6.07, 6.45) is 52.6. The zero-order valence-electron chi connectivity index (χ0n) is 47.5. The van der Waals surface area contributed by atoms with Gasteiger partial charge in [-0.2, -0.15) is 0 Å². The second kappa shape index (κ2) is 51.1. The number of carbonyl (C=O) groups excluding carboxylic acids is 2. The standard InChI is InChI=1S/C63H113NO10/c1-4-7-10-13-16-19-22-25-27-28-29-30-32-35-38-41-44-47-50-56(67)62(71)64-54(55(66)49-46-43-40-37-34-31-24-21-18-15-12-9-6-3)53-72-63-61(60(70)59(69)57(52-65)73-63)74-58(68)51-48-45-42-39-36-33-26-23-20-17-14-11-8-5-2/h8,11,17,20,25-27,33,46,49,54-57,59-61,63,65-67,69-70H,4-7,9-10,12-16,18-19,21-24,28-32,34-45,47-48,50-53H2,1-3H3,(H,64,71)/b11-8+,20-17+,27-25+,33-26+,49-46+. The maximum Gasteiger partial charge on any atom is 0.306 e. The third-order valence-corrected chi connectivity index (χ3v) is 14.2. The predicted molar refractivity (Wildman–Crippen MR) is 306 cm³/mol. The van der Waals surface area contributed by atoms with Crippen LogP contribution in [0.15, 0.2) is 60.8 Å². The summed E-state index contributed by atoms with van der Waals surface area (Å²) < 4.78 is 17.6. The molecule has 0 spiro atoms. The zero-order valence-corrected chi connectivity index (χ0v) is 47.5. The largest absolute Gasteiger partial charge is 0.454 e. The van der Waals surface area contributed by atoms with Crippen molar-refractivity contribution in [3.05, 3.63) is 60.8 Å². The molecule has 1 heterocycles. The highest BCUT2D eigenvalue weighted by Gasteiger charge is 2.47. The number of aliphatic hydroxyl groups excluding tert-OH is 5. The van der Waals surface area contributed by atoms with Crippen molar-refractivity contribution in [1.82, 2.24) is 5.32 Å². The first-order valence-electron chi connectivity index (χ1n) is 30.6. The first-order chi connectivity index (χ1) is 36.2. The van der Waals surface area contributed by atoms with Gasteiger partial charge in [0.2, 0.25) is 5.91 Å². The Bertz CT molecular complexity index is 1430. The summed E-state index contributed by atoms with van der Waals surface area (Å²) in [5.41, 5.74) is 0. The van der Waals surface area contributed by atoms with E-state index in [4.69, 9.17) is 14.2 Å². The number of hydrogen-bond donors (Lipinski definition) is 6. The third-order valence-electron chi connectivity index (χ3n) is 14.2. The normalized spacial score (nSPS) is 19.7. The van der Waals surface area contributed by atoms with Gasteiger partial charge in [-0.25, -0.2) is 0 Å². The highest BCUT2D eigenvalue weighted by Crippen LogP contribution is 2.26. The third kappa shape index (κ3) is 38.8. The maximum atomic E-state index is 13.4. The van der Waals surface area contributed by atoms with Gasteiger partial charge in [-0.15, -0.1) is 0 Å². The van der Waals surface area contributed by atoms with E-state index in [0.29, 0.717) is 12.8 Å². The quantitative estimate of drug-likeness (QED) is 0.0195. The van der Waals surface area contributed by atoms with Gasteiger partial charge in [0.05, 0.1) is 25.4 Å². The summed E-state index contributed by atoms with van der Waals surface area (Å²) in [4.78, 5) is 26.5. The first-order valence-corrected chi connectivity index (χ1v) is 30.6. The predicted octanol–water partition coefficient (Wildman–Crippen LogP) is 14.2. The van der Waals surface area contributed by atoms with Crippen LogP contribution >= 0.6 is 0 Å². The van der Waals surface area contributed by atoms with Crippen LogP contribution < -0.4 is 5.32 Å². The Morgan fingerprint density at radius 1 is 0.541 bits per heavy atom. The van der Waals surface area contributed by atoms with E-state index in [2.05, 4.69) is 74.7 Å². The Labute approximate surface area is 452 Å². The number of ether oxygens (including phenoxy) is 3. The second-order valence-corrected chi connectivity index (χ2v) is 21.0. The van der Waals surface area contributed by atoms with Crippen LogP contribution in [-0.2, 0) is 23.8 Å². The number of allylic oxidation sites excluding steroid dienone is 9. The molecule has 1 amide bonds. The van der Waals surface area contributed by atoms with Crippen LogP contribution in [0.1, 0.15) is 265 Å². The van der Waals surface area contributed by atoms with Gasteiger partial charge in [0.25, 0.3) is 0 Å².